The Labute approximate surface area is 148 Å². The normalized spacial score (nSPS) is 12.0. The van der Waals surface area contributed by atoms with Crippen molar-refractivity contribution in [1.82, 2.24) is 9.97 Å². The fraction of sp³-hybridized carbons (Fsp3) is 0.0588. The number of alkyl halides is 3. The van der Waals surface area contributed by atoms with Crippen molar-refractivity contribution in [1.29, 1.82) is 0 Å². The Balaban J connectivity index is 1.98. The number of H-pyrrole nitrogens is 2. The van der Waals surface area contributed by atoms with Gasteiger partial charge in [-0.1, -0.05) is 0 Å². The second-order valence-corrected chi connectivity index (χ2v) is 5.77. The average Bonchev–Trinajstić information content (AvgIpc) is 3.08. The van der Waals surface area contributed by atoms with E-state index in [1.165, 1.54) is 24.3 Å². The van der Waals surface area contributed by atoms with Gasteiger partial charge in [-0.25, -0.2) is 0 Å². The number of aromatic amines is 2. The number of nitrogens with one attached hydrogen (secondary N) is 2. The van der Waals surface area contributed by atoms with Gasteiger partial charge in [0.15, 0.2) is 5.88 Å². The van der Waals surface area contributed by atoms with E-state index in [0.717, 1.165) is 12.1 Å². The molecule has 0 atom stereocenters. The van der Waals surface area contributed by atoms with Crippen LogP contribution in [0.5, 0.6) is 17.4 Å². The lowest BCUT2D eigenvalue weighted by Crippen LogP contribution is -2.16. The SMILES string of the molecule is O=Nc1c(-c2c(O)[nH]c3ccc(OC(F)(F)F)cc23)[nH]c2ccc(O)cc12. The first-order valence-electron chi connectivity index (χ1n) is 7.55. The number of hydrogen-bond acceptors (Lipinski definition) is 5. The van der Waals surface area contributed by atoms with Gasteiger partial charge >= 0.3 is 6.36 Å². The molecule has 0 amide bonds. The highest BCUT2D eigenvalue weighted by Gasteiger charge is 2.31. The summed E-state index contributed by atoms with van der Waals surface area (Å²) in [5.41, 5.74) is 0.838. The van der Waals surface area contributed by atoms with Crippen LogP contribution in [0.25, 0.3) is 33.1 Å². The van der Waals surface area contributed by atoms with E-state index in [9.17, 15) is 28.3 Å². The number of rotatable bonds is 3. The van der Waals surface area contributed by atoms with Crippen LogP contribution in [-0.4, -0.2) is 26.5 Å². The summed E-state index contributed by atoms with van der Waals surface area (Å²) in [6.45, 7) is 0. The predicted molar refractivity (Wildman–Crippen MR) is 91.1 cm³/mol. The monoisotopic (exact) mass is 377 g/mol. The van der Waals surface area contributed by atoms with Crippen molar-refractivity contribution in [3.05, 3.63) is 41.3 Å². The molecule has 0 aliphatic carbocycles. The first kappa shape index (κ1) is 16.8. The van der Waals surface area contributed by atoms with Crippen molar-refractivity contribution in [2.45, 2.75) is 6.36 Å². The van der Waals surface area contributed by atoms with Gasteiger partial charge in [-0.05, 0) is 41.6 Å². The Morgan fingerprint density at radius 3 is 2.37 bits per heavy atom. The molecular weight excluding hydrogens is 367 g/mol. The Morgan fingerprint density at radius 2 is 1.67 bits per heavy atom. The number of benzene rings is 2. The molecule has 0 spiro atoms. The van der Waals surface area contributed by atoms with Crippen molar-refractivity contribution < 1.29 is 28.1 Å². The summed E-state index contributed by atoms with van der Waals surface area (Å²) in [4.78, 5) is 16.9. The quantitative estimate of drug-likeness (QED) is 0.376. The molecule has 2 aromatic carbocycles. The first-order chi connectivity index (χ1) is 12.8. The van der Waals surface area contributed by atoms with E-state index in [4.69, 9.17) is 0 Å². The molecule has 4 N–H and O–H groups in total. The molecule has 0 bridgehead atoms. The van der Waals surface area contributed by atoms with Gasteiger partial charge in [-0.15, -0.1) is 18.1 Å². The van der Waals surface area contributed by atoms with Crippen molar-refractivity contribution in [3.63, 3.8) is 0 Å². The van der Waals surface area contributed by atoms with Crippen LogP contribution < -0.4 is 4.74 Å². The number of halogens is 3. The van der Waals surface area contributed by atoms with E-state index in [1.807, 2.05) is 0 Å². The Hall–Kier alpha value is -3.69. The number of phenols is 1. The lowest BCUT2D eigenvalue weighted by molar-refractivity contribution is -0.274. The van der Waals surface area contributed by atoms with Gasteiger partial charge in [-0.2, -0.15) is 0 Å². The maximum atomic E-state index is 12.5. The Bertz CT molecular complexity index is 1190. The molecule has 7 nitrogen and oxygen atoms in total. The van der Waals surface area contributed by atoms with E-state index >= 15 is 0 Å². The number of phenolic OH excluding ortho intramolecular Hbond substituents is 1. The summed E-state index contributed by atoms with van der Waals surface area (Å²) in [5.74, 6) is -0.943. The van der Waals surface area contributed by atoms with Gasteiger partial charge in [-0.3, -0.25) is 0 Å². The van der Waals surface area contributed by atoms with Crippen LogP contribution in [0.1, 0.15) is 0 Å². The molecule has 0 fully saturated rings. The third kappa shape index (κ3) is 2.80. The zero-order valence-corrected chi connectivity index (χ0v) is 13.3. The van der Waals surface area contributed by atoms with Crippen molar-refractivity contribution >= 4 is 27.5 Å². The van der Waals surface area contributed by atoms with Gasteiger partial charge in [0.25, 0.3) is 0 Å². The fourth-order valence-electron chi connectivity index (χ4n) is 3.05. The number of nitroso groups, excluding NO2 is 1. The molecule has 27 heavy (non-hydrogen) atoms. The van der Waals surface area contributed by atoms with Crippen molar-refractivity contribution in [2.75, 3.05) is 0 Å². The minimum Gasteiger partial charge on any atom is -0.508 e. The Kier molecular flexibility index (Phi) is 3.51. The van der Waals surface area contributed by atoms with Gasteiger partial charge in [0.05, 0.1) is 11.3 Å². The molecule has 4 rings (SSSR count). The van der Waals surface area contributed by atoms with Crippen LogP contribution in [0, 0.1) is 4.91 Å². The van der Waals surface area contributed by atoms with Crippen LogP contribution in [0.2, 0.25) is 0 Å². The second kappa shape index (κ2) is 5.66. The number of fused-ring (bicyclic) bond motifs is 2. The van der Waals surface area contributed by atoms with E-state index in [2.05, 4.69) is 19.9 Å². The summed E-state index contributed by atoms with van der Waals surface area (Å²) in [6.07, 6.45) is -4.87. The highest BCUT2D eigenvalue weighted by Crippen LogP contribution is 2.45. The third-order valence-corrected chi connectivity index (χ3v) is 4.08. The standard InChI is InChI=1S/C17H10F3N3O4/c18-17(19,20)27-8-2-4-11-9(6-8)13(16(25)22-11)15-14(23-26)10-5-7(24)1-3-12(10)21-15/h1-6,21-22,24-25H. The molecule has 4 aromatic rings. The largest absolute Gasteiger partial charge is 0.573 e. The van der Waals surface area contributed by atoms with Gasteiger partial charge in [0.1, 0.15) is 17.2 Å². The van der Waals surface area contributed by atoms with E-state index < -0.39 is 12.1 Å². The summed E-state index contributed by atoms with van der Waals surface area (Å²) < 4.78 is 41.4. The molecule has 0 saturated carbocycles. The highest BCUT2D eigenvalue weighted by atomic mass is 19.4. The molecular formula is C17H10F3N3O4. The molecule has 0 radical (unpaired) electrons. The summed E-state index contributed by atoms with van der Waals surface area (Å²) in [6, 6.07) is 7.70. The highest BCUT2D eigenvalue weighted by molar-refractivity contribution is 6.07. The zero-order valence-electron chi connectivity index (χ0n) is 13.3. The molecule has 0 aliphatic rings. The average molecular weight is 377 g/mol. The smallest absolute Gasteiger partial charge is 0.508 e. The second-order valence-electron chi connectivity index (χ2n) is 5.77. The van der Waals surface area contributed by atoms with Crippen LogP contribution in [-0.2, 0) is 0 Å². The van der Waals surface area contributed by atoms with Crippen LogP contribution >= 0.6 is 0 Å². The third-order valence-electron chi connectivity index (χ3n) is 4.08. The van der Waals surface area contributed by atoms with Crippen LogP contribution in [0.15, 0.2) is 41.6 Å². The maximum absolute atomic E-state index is 12.5. The van der Waals surface area contributed by atoms with Crippen molar-refractivity contribution in [2.24, 2.45) is 5.18 Å². The topological polar surface area (TPSA) is 111 Å². The number of aromatic nitrogens is 2. The molecule has 2 aromatic heterocycles. The van der Waals surface area contributed by atoms with Crippen LogP contribution in [0.4, 0.5) is 18.9 Å². The van der Waals surface area contributed by atoms with Gasteiger partial charge < -0.3 is 24.9 Å². The fourth-order valence-corrected chi connectivity index (χ4v) is 3.05. The molecule has 2 heterocycles. The van der Waals surface area contributed by atoms with Crippen LogP contribution in [0.3, 0.4) is 0 Å². The molecule has 0 saturated heterocycles. The van der Waals surface area contributed by atoms with Gasteiger partial charge in [0, 0.05) is 21.8 Å². The lowest BCUT2D eigenvalue weighted by atomic mass is 10.1. The molecule has 10 heteroatoms. The molecule has 0 unspecified atom stereocenters. The van der Waals surface area contributed by atoms with E-state index in [-0.39, 0.29) is 34.0 Å². The molecule has 0 aliphatic heterocycles. The predicted octanol–water partition coefficient (Wildman–Crippen LogP) is 5.02. The number of aromatic hydroxyl groups is 2. The number of ether oxygens (including phenoxy) is 1. The lowest BCUT2D eigenvalue weighted by Gasteiger charge is -2.08. The molecule has 138 valence electrons. The first-order valence-corrected chi connectivity index (χ1v) is 7.55. The summed E-state index contributed by atoms with van der Waals surface area (Å²) in [7, 11) is 0. The summed E-state index contributed by atoms with van der Waals surface area (Å²) >= 11 is 0. The number of nitrogens with zero attached hydrogens (tertiary/aromatic N) is 1. The maximum Gasteiger partial charge on any atom is 0.573 e. The number of hydrogen-bond donors (Lipinski definition) is 4. The van der Waals surface area contributed by atoms with E-state index in [1.54, 1.807) is 0 Å². The minimum atomic E-state index is -4.87. The summed E-state index contributed by atoms with van der Waals surface area (Å²) in [5, 5.41) is 23.4. The van der Waals surface area contributed by atoms with E-state index in [0.29, 0.717) is 16.4 Å². The van der Waals surface area contributed by atoms with Gasteiger partial charge in [0.2, 0.25) is 0 Å². The minimum absolute atomic E-state index is 0.0583. The van der Waals surface area contributed by atoms with Crippen molar-refractivity contribution in [3.8, 4) is 28.6 Å². The zero-order chi connectivity index (χ0) is 19.3. The Morgan fingerprint density at radius 1 is 0.963 bits per heavy atom.